The van der Waals surface area contributed by atoms with E-state index in [1.165, 1.54) is 18.2 Å². The zero-order valence-corrected chi connectivity index (χ0v) is 12.3. The quantitative estimate of drug-likeness (QED) is 0.847. The topological polar surface area (TPSA) is 37.4 Å². The highest BCUT2D eigenvalue weighted by Gasteiger charge is 2.33. The van der Waals surface area contributed by atoms with Gasteiger partial charge >= 0.3 is 0 Å². The van der Waals surface area contributed by atoms with Gasteiger partial charge in [0.15, 0.2) is 0 Å². The van der Waals surface area contributed by atoms with Crippen LogP contribution in [0.5, 0.6) is 0 Å². The molecule has 0 aliphatic carbocycles. The Bertz CT molecular complexity index is 824. The van der Waals surface area contributed by atoms with Crippen molar-refractivity contribution in [2.24, 2.45) is 0 Å². The fourth-order valence-electron chi connectivity index (χ4n) is 2.40. The number of fused-ring (bicyclic) bond motifs is 1. The molecule has 7 heteroatoms. The molecule has 0 aromatic heterocycles. The number of rotatable bonds is 2. The molecule has 0 N–H and O–H groups in total. The normalized spacial score (nSPS) is 14.3. The Hall–Kier alpha value is -1.66. The largest absolute Gasteiger partial charge is 0.266 e. The van der Waals surface area contributed by atoms with Gasteiger partial charge in [0.25, 0.3) is 10.0 Å². The van der Waals surface area contributed by atoms with E-state index in [4.69, 9.17) is 11.6 Å². The third-order valence-electron chi connectivity index (χ3n) is 3.35. The van der Waals surface area contributed by atoms with E-state index in [2.05, 4.69) is 0 Å². The third-order valence-corrected chi connectivity index (χ3v) is 5.40. The van der Waals surface area contributed by atoms with E-state index in [0.717, 1.165) is 16.4 Å². The summed E-state index contributed by atoms with van der Waals surface area (Å²) in [6.07, 6.45) is 0.210. The molecule has 2 aromatic rings. The fraction of sp³-hybridized carbons (Fsp3) is 0.143. The highest BCUT2D eigenvalue weighted by molar-refractivity contribution is 7.92. The maximum absolute atomic E-state index is 13.7. The minimum atomic E-state index is -3.89. The molecule has 0 radical (unpaired) electrons. The van der Waals surface area contributed by atoms with Crippen LogP contribution in [0.25, 0.3) is 0 Å². The lowest BCUT2D eigenvalue weighted by molar-refractivity contribution is 0.577. The van der Waals surface area contributed by atoms with Gasteiger partial charge in [-0.2, -0.15) is 0 Å². The van der Waals surface area contributed by atoms with E-state index >= 15 is 0 Å². The summed E-state index contributed by atoms with van der Waals surface area (Å²) >= 11 is 5.81. The van der Waals surface area contributed by atoms with Crippen LogP contribution in [0.3, 0.4) is 0 Å². The number of nitrogens with zero attached hydrogens (tertiary/aromatic N) is 1. The van der Waals surface area contributed by atoms with Crippen LogP contribution in [0.1, 0.15) is 5.56 Å². The van der Waals surface area contributed by atoms with Crippen LogP contribution in [-0.2, 0) is 16.4 Å². The predicted molar refractivity (Wildman–Crippen MR) is 76.0 cm³/mol. The van der Waals surface area contributed by atoms with Crippen LogP contribution >= 0.6 is 11.6 Å². The Morgan fingerprint density at radius 1 is 1.14 bits per heavy atom. The van der Waals surface area contributed by atoms with E-state index in [-0.39, 0.29) is 34.1 Å². The van der Waals surface area contributed by atoms with Gasteiger partial charge in [0, 0.05) is 23.2 Å². The van der Waals surface area contributed by atoms with Gasteiger partial charge in [-0.3, -0.25) is 4.31 Å². The summed E-state index contributed by atoms with van der Waals surface area (Å²) in [5.41, 5.74) is 0.259. The van der Waals surface area contributed by atoms with Crippen molar-refractivity contribution in [3.8, 4) is 0 Å². The molecule has 1 heterocycles. The van der Waals surface area contributed by atoms with Crippen LogP contribution < -0.4 is 4.31 Å². The lowest BCUT2D eigenvalue weighted by Crippen LogP contribution is -2.29. The first-order valence-electron chi connectivity index (χ1n) is 6.16. The van der Waals surface area contributed by atoms with Crippen molar-refractivity contribution in [2.45, 2.75) is 11.3 Å². The van der Waals surface area contributed by atoms with Gasteiger partial charge in [0.2, 0.25) is 0 Å². The van der Waals surface area contributed by atoms with Gasteiger partial charge in [0.05, 0.1) is 10.6 Å². The summed E-state index contributed by atoms with van der Waals surface area (Å²) in [7, 11) is -3.89. The van der Waals surface area contributed by atoms with Crippen molar-refractivity contribution in [3.05, 3.63) is 58.6 Å². The molecule has 1 aliphatic rings. The number of anilines is 1. The second-order valence-corrected chi connectivity index (χ2v) is 6.97. The van der Waals surface area contributed by atoms with E-state index in [1.807, 2.05) is 0 Å². The van der Waals surface area contributed by atoms with Crippen molar-refractivity contribution < 1.29 is 17.2 Å². The molecule has 21 heavy (non-hydrogen) atoms. The van der Waals surface area contributed by atoms with Crippen molar-refractivity contribution in [3.63, 3.8) is 0 Å². The number of hydrogen-bond donors (Lipinski definition) is 0. The minimum absolute atomic E-state index is 0.00693. The maximum Gasteiger partial charge on any atom is 0.264 e. The zero-order valence-electron chi connectivity index (χ0n) is 10.7. The molecule has 3 rings (SSSR count). The molecule has 0 bridgehead atoms. The van der Waals surface area contributed by atoms with Gasteiger partial charge < -0.3 is 0 Å². The second kappa shape index (κ2) is 4.96. The SMILES string of the molecule is O=S(=O)(c1cccc(Cl)c1)N1CCc2c(F)cc(F)cc21. The summed E-state index contributed by atoms with van der Waals surface area (Å²) in [4.78, 5) is -0.00693. The van der Waals surface area contributed by atoms with Crippen LogP contribution in [0.2, 0.25) is 5.02 Å². The number of benzene rings is 2. The van der Waals surface area contributed by atoms with Crippen LogP contribution in [0.4, 0.5) is 14.5 Å². The maximum atomic E-state index is 13.7. The highest BCUT2D eigenvalue weighted by atomic mass is 35.5. The zero-order chi connectivity index (χ0) is 15.2. The average molecular weight is 330 g/mol. The molecule has 0 atom stereocenters. The molecule has 0 saturated heterocycles. The number of hydrogen-bond acceptors (Lipinski definition) is 2. The Labute approximate surface area is 125 Å². The molecule has 1 aliphatic heterocycles. The molecule has 0 fully saturated rings. The van der Waals surface area contributed by atoms with Crippen molar-refractivity contribution in [1.29, 1.82) is 0 Å². The third kappa shape index (κ3) is 2.38. The second-order valence-electron chi connectivity index (χ2n) is 4.67. The highest BCUT2D eigenvalue weighted by Crippen LogP contribution is 2.35. The van der Waals surface area contributed by atoms with Crippen molar-refractivity contribution in [1.82, 2.24) is 0 Å². The van der Waals surface area contributed by atoms with Gasteiger partial charge in [-0.05, 0) is 30.7 Å². The summed E-state index contributed by atoms with van der Waals surface area (Å²) < 4.78 is 53.3. The van der Waals surface area contributed by atoms with Crippen molar-refractivity contribution in [2.75, 3.05) is 10.8 Å². The van der Waals surface area contributed by atoms with E-state index < -0.39 is 21.7 Å². The summed E-state index contributed by atoms with van der Waals surface area (Å²) in [6.45, 7) is 0.0740. The Kier molecular flexibility index (Phi) is 3.37. The molecular formula is C14H10ClF2NO2S. The van der Waals surface area contributed by atoms with E-state index in [9.17, 15) is 17.2 Å². The van der Waals surface area contributed by atoms with Gasteiger partial charge in [-0.1, -0.05) is 17.7 Å². The van der Waals surface area contributed by atoms with Crippen LogP contribution in [0, 0.1) is 11.6 Å². The molecule has 110 valence electrons. The molecular weight excluding hydrogens is 320 g/mol. The molecule has 2 aromatic carbocycles. The molecule has 0 amide bonds. The van der Waals surface area contributed by atoms with Crippen LogP contribution in [0.15, 0.2) is 41.3 Å². The lowest BCUT2D eigenvalue weighted by atomic mass is 10.1. The van der Waals surface area contributed by atoms with Gasteiger partial charge in [-0.25, -0.2) is 17.2 Å². The Morgan fingerprint density at radius 3 is 2.62 bits per heavy atom. The first kappa shape index (κ1) is 14.3. The Balaban J connectivity index is 2.12. The fourth-order valence-corrected chi connectivity index (χ4v) is 4.19. The lowest BCUT2D eigenvalue weighted by Gasteiger charge is -2.19. The molecule has 0 spiro atoms. The average Bonchev–Trinajstić information content (AvgIpc) is 2.83. The monoisotopic (exact) mass is 329 g/mol. The van der Waals surface area contributed by atoms with E-state index in [0.29, 0.717) is 0 Å². The summed E-state index contributed by atoms with van der Waals surface area (Å²) in [6, 6.07) is 7.57. The first-order chi connectivity index (χ1) is 9.89. The first-order valence-corrected chi connectivity index (χ1v) is 7.97. The van der Waals surface area contributed by atoms with Crippen molar-refractivity contribution >= 4 is 27.3 Å². The summed E-state index contributed by atoms with van der Waals surface area (Å²) in [5, 5.41) is 0.279. The number of sulfonamides is 1. The van der Waals surface area contributed by atoms with Gasteiger partial charge in [-0.15, -0.1) is 0 Å². The summed E-state index contributed by atoms with van der Waals surface area (Å²) in [5.74, 6) is -1.53. The molecule has 0 saturated carbocycles. The van der Waals surface area contributed by atoms with E-state index in [1.54, 1.807) is 6.07 Å². The predicted octanol–water partition coefficient (Wildman–Crippen LogP) is 3.37. The Morgan fingerprint density at radius 2 is 1.90 bits per heavy atom. The van der Waals surface area contributed by atoms with Gasteiger partial charge in [0.1, 0.15) is 11.6 Å². The van der Waals surface area contributed by atoms with Crippen LogP contribution in [-0.4, -0.2) is 15.0 Å². The number of halogens is 3. The molecule has 0 unspecified atom stereocenters. The molecule has 3 nitrogen and oxygen atoms in total. The minimum Gasteiger partial charge on any atom is -0.266 e. The smallest absolute Gasteiger partial charge is 0.264 e. The standard InChI is InChI=1S/C14H10ClF2NO2S/c15-9-2-1-3-11(6-9)21(19,20)18-5-4-12-13(17)7-10(16)8-14(12)18/h1-3,6-8H,4-5H2.